The fourth-order valence-corrected chi connectivity index (χ4v) is 4.80. The average Bonchev–Trinajstić information content (AvgIpc) is 3.56. The summed E-state index contributed by atoms with van der Waals surface area (Å²) in [5.74, 6) is 0. The van der Waals surface area contributed by atoms with Crippen LogP contribution < -0.4 is 5.46 Å². The van der Waals surface area contributed by atoms with Gasteiger partial charge in [-0.2, -0.15) is 0 Å². The van der Waals surface area contributed by atoms with Crippen molar-refractivity contribution >= 4 is 30.0 Å². The number of ether oxygens (including phenoxy) is 1. The van der Waals surface area contributed by atoms with Gasteiger partial charge in [0.15, 0.2) is 0 Å². The number of allylic oxidation sites excluding steroid dienone is 1. The van der Waals surface area contributed by atoms with Gasteiger partial charge in [-0.1, -0.05) is 54.6 Å². The maximum Gasteiger partial charge on any atom is 0.494 e. The van der Waals surface area contributed by atoms with Gasteiger partial charge in [0.05, 0.1) is 17.2 Å². The molecule has 2 saturated heterocycles. The summed E-state index contributed by atoms with van der Waals surface area (Å²) >= 11 is 0. The molecule has 3 aliphatic rings. The summed E-state index contributed by atoms with van der Waals surface area (Å²) in [6, 6.07) is 18.1. The second-order valence-electron chi connectivity index (χ2n) is 10.6. The quantitative estimate of drug-likeness (QED) is 0.577. The third-order valence-corrected chi connectivity index (χ3v) is 7.64. The van der Waals surface area contributed by atoms with E-state index in [4.69, 9.17) is 19.0 Å². The highest BCUT2D eigenvalue weighted by atomic mass is 16.7. The van der Waals surface area contributed by atoms with Crippen LogP contribution in [0.5, 0.6) is 0 Å². The van der Waals surface area contributed by atoms with Crippen LogP contribution in [0.4, 0.5) is 4.79 Å². The van der Waals surface area contributed by atoms with Crippen LogP contribution in [0.25, 0.3) is 5.57 Å². The molecule has 2 aromatic carbocycles. The van der Waals surface area contributed by atoms with Crippen LogP contribution in [-0.4, -0.2) is 47.6 Å². The molecule has 0 bridgehead atoms. The lowest BCUT2D eigenvalue weighted by Gasteiger charge is -2.32. The molecule has 182 valence electrons. The number of carbonyl (C=O) groups excluding carboxylic acids is 1. The Kier molecular flexibility index (Phi) is 6.32. The summed E-state index contributed by atoms with van der Waals surface area (Å²) < 4.78 is 17.9. The van der Waals surface area contributed by atoms with Gasteiger partial charge in [-0.15, -0.1) is 0 Å². The van der Waals surface area contributed by atoms with Gasteiger partial charge in [0, 0.05) is 24.9 Å². The van der Waals surface area contributed by atoms with Gasteiger partial charge in [-0.25, -0.2) is 4.79 Å². The summed E-state index contributed by atoms with van der Waals surface area (Å²) in [6.45, 7) is 9.24. The Labute approximate surface area is 208 Å². The van der Waals surface area contributed by atoms with E-state index in [0.29, 0.717) is 6.54 Å². The van der Waals surface area contributed by atoms with Crippen molar-refractivity contribution in [2.45, 2.75) is 70.8 Å². The summed E-state index contributed by atoms with van der Waals surface area (Å²) in [6.07, 6.45) is 4.29. The molecule has 2 aromatic rings. The highest BCUT2D eigenvalue weighted by Gasteiger charge is 2.51. The SMILES string of the molecule is CC1(C)OB(c2ccc(C3=CN=C([C@@H]4CCCN4C(=O)OCc4ccccc4)C3)cc2)OC1(C)C. The molecule has 0 spiro atoms. The molecule has 3 heterocycles. The first kappa shape index (κ1) is 23.8. The van der Waals surface area contributed by atoms with Gasteiger partial charge >= 0.3 is 13.2 Å². The number of carbonyl (C=O) groups is 1. The van der Waals surface area contributed by atoms with Gasteiger partial charge in [0.1, 0.15) is 6.61 Å². The van der Waals surface area contributed by atoms with E-state index >= 15 is 0 Å². The fourth-order valence-electron chi connectivity index (χ4n) is 4.80. The van der Waals surface area contributed by atoms with Crippen LogP contribution >= 0.6 is 0 Å². The van der Waals surface area contributed by atoms with E-state index in [1.807, 2.05) is 41.4 Å². The van der Waals surface area contributed by atoms with Crippen molar-refractivity contribution in [2.75, 3.05) is 6.54 Å². The minimum absolute atomic E-state index is 0.00366. The second kappa shape index (κ2) is 9.28. The monoisotopic (exact) mass is 472 g/mol. The van der Waals surface area contributed by atoms with Crippen molar-refractivity contribution in [3.63, 3.8) is 0 Å². The van der Waals surface area contributed by atoms with Crippen LogP contribution in [0, 0.1) is 0 Å². The maximum absolute atomic E-state index is 12.8. The van der Waals surface area contributed by atoms with Crippen LogP contribution in [0.3, 0.4) is 0 Å². The molecule has 0 radical (unpaired) electrons. The van der Waals surface area contributed by atoms with Crippen LogP contribution in [0.15, 0.2) is 65.8 Å². The molecular weight excluding hydrogens is 439 g/mol. The maximum atomic E-state index is 12.8. The Balaban J connectivity index is 1.19. The predicted molar refractivity (Wildman–Crippen MR) is 139 cm³/mol. The lowest BCUT2D eigenvalue weighted by Crippen LogP contribution is -2.41. The molecule has 5 rings (SSSR count). The molecule has 2 fully saturated rings. The molecule has 6 nitrogen and oxygen atoms in total. The van der Waals surface area contributed by atoms with Crippen molar-refractivity contribution in [1.82, 2.24) is 4.90 Å². The van der Waals surface area contributed by atoms with Crippen LogP contribution in [-0.2, 0) is 20.7 Å². The Morgan fingerprint density at radius 1 is 1.06 bits per heavy atom. The molecule has 0 aliphatic carbocycles. The Hall–Kier alpha value is -2.90. The first-order valence-corrected chi connectivity index (χ1v) is 12.4. The number of hydrogen-bond donors (Lipinski definition) is 0. The fraction of sp³-hybridized carbons (Fsp3) is 0.429. The van der Waals surface area contributed by atoms with E-state index in [-0.39, 0.29) is 37.1 Å². The van der Waals surface area contributed by atoms with Gasteiger partial charge in [-0.05, 0) is 62.7 Å². The predicted octanol–water partition coefficient (Wildman–Crippen LogP) is 4.97. The molecule has 0 N–H and O–H groups in total. The highest BCUT2D eigenvalue weighted by molar-refractivity contribution is 6.62. The standard InChI is InChI=1S/C28H33BN2O4/c1-27(2)28(3,4)35-29(34-27)23-14-12-21(13-15-23)22-17-24(30-18-22)25-11-8-16-31(25)26(32)33-19-20-9-6-5-7-10-20/h5-7,9-10,12-15,18,25H,8,11,16-17,19H2,1-4H3/t25-/m0/s1. The number of hydrogen-bond acceptors (Lipinski definition) is 5. The molecule has 0 unspecified atom stereocenters. The number of benzene rings is 2. The molecule has 35 heavy (non-hydrogen) atoms. The smallest absolute Gasteiger partial charge is 0.445 e. The molecule has 3 aliphatic heterocycles. The number of likely N-dealkylation sites (tertiary alicyclic amines) is 1. The van der Waals surface area contributed by atoms with Gasteiger partial charge in [-0.3, -0.25) is 9.89 Å². The van der Waals surface area contributed by atoms with Crippen molar-refractivity contribution in [3.8, 4) is 0 Å². The van der Waals surface area contributed by atoms with E-state index in [9.17, 15) is 4.79 Å². The lowest BCUT2D eigenvalue weighted by atomic mass is 9.78. The van der Waals surface area contributed by atoms with Crippen molar-refractivity contribution < 1.29 is 18.8 Å². The number of nitrogens with zero attached hydrogens (tertiary/aromatic N) is 2. The average molecular weight is 472 g/mol. The third kappa shape index (κ3) is 4.80. The normalized spacial score (nSPS) is 22.8. The van der Waals surface area contributed by atoms with E-state index in [1.54, 1.807) is 0 Å². The minimum Gasteiger partial charge on any atom is -0.445 e. The zero-order chi connectivity index (χ0) is 24.6. The number of aliphatic imine (C=N–C) groups is 1. The lowest BCUT2D eigenvalue weighted by molar-refractivity contribution is 0.00578. The first-order chi connectivity index (χ1) is 16.7. The van der Waals surface area contributed by atoms with Crippen molar-refractivity contribution in [2.24, 2.45) is 4.99 Å². The zero-order valence-corrected chi connectivity index (χ0v) is 21.0. The van der Waals surface area contributed by atoms with Gasteiger partial charge < -0.3 is 14.0 Å². The van der Waals surface area contributed by atoms with Crippen LogP contribution in [0.1, 0.15) is 58.1 Å². The zero-order valence-electron chi connectivity index (χ0n) is 21.0. The molecule has 1 atom stereocenters. The second-order valence-corrected chi connectivity index (χ2v) is 10.6. The third-order valence-electron chi connectivity index (χ3n) is 7.64. The van der Waals surface area contributed by atoms with Crippen molar-refractivity contribution in [3.05, 3.63) is 71.9 Å². The molecule has 0 saturated carbocycles. The molecule has 1 amide bonds. The molecule has 7 heteroatoms. The van der Waals surface area contributed by atoms with Gasteiger partial charge in [0.25, 0.3) is 0 Å². The largest absolute Gasteiger partial charge is 0.494 e. The first-order valence-electron chi connectivity index (χ1n) is 12.4. The summed E-state index contributed by atoms with van der Waals surface area (Å²) in [4.78, 5) is 19.4. The van der Waals surface area contributed by atoms with Gasteiger partial charge in [0.2, 0.25) is 0 Å². The number of amides is 1. The topological polar surface area (TPSA) is 60.4 Å². The van der Waals surface area contributed by atoms with E-state index < -0.39 is 0 Å². The summed E-state index contributed by atoms with van der Waals surface area (Å²) in [5, 5.41) is 0. The van der Waals surface area contributed by atoms with Crippen molar-refractivity contribution in [1.29, 1.82) is 0 Å². The number of rotatable bonds is 5. The van der Waals surface area contributed by atoms with E-state index in [1.165, 1.54) is 0 Å². The molecular formula is C28H33BN2O4. The summed E-state index contributed by atoms with van der Waals surface area (Å²) in [7, 11) is -0.368. The Morgan fingerprint density at radius 3 is 2.43 bits per heavy atom. The Bertz CT molecular complexity index is 1130. The summed E-state index contributed by atoms with van der Waals surface area (Å²) in [5.41, 5.74) is 4.60. The minimum atomic E-state index is -0.368. The van der Waals surface area contributed by atoms with E-state index in [2.05, 4.69) is 52.0 Å². The Morgan fingerprint density at radius 2 is 1.74 bits per heavy atom. The van der Waals surface area contributed by atoms with E-state index in [0.717, 1.165) is 47.1 Å². The molecule has 0 aromatic heterocycles. The van der Waals surface area contributed by atoms with Crippen LogP contribution in [0.2, 0.25) is 0 Å². The highest BCUT2D eigenvalue weighted by Crippen LogP contribution is 2.36.